The summed E-state index contributed by atoms with van der Waals surface area (Å²) in [5.74, 6) is 0.526. The van der Waals surface area contributed by atoms with E-state index in [1.807, 2.05) is 17.5 Å². The van der Waals surface area contributed by atoms with Crippen LogP contribution < -0.4 is 10.1 Å². The lowest BCUT2D eigenvalue weighted by atomic mass is 10.1. The van der Waals surface area contributed by atoms with E-state index in [4.69, 9.17) is 4.74 Å². The van der Waals surface area contributed by atoms with Crippen LogP contribution >= 0.6 is 11.3 Å². The molecule has 2 aliphatic rings. The summed E-state index contributed by atoms with van der Waals surface area (Å²) in [5.41, 5.74) is 3.19. The fourth-order valence-electron chi connectivity index (χ4n) is 3.85. The molecule has 0 radical (unpaired) electrons. The number of carbonyl (C=O) groups is 1. The van der Waals surface area contributed by atoms with Crippen molar-refractivity contribution in [3.05, 3.63) is 59.0 Å². The van der Waals surface area contributed by atoms with Gasteiger partial charge in [0.1, 0.15) is 5.75 Å². The van der Waals surface area contributed by atoms with Crippen LogP contribution in [0.4, 0.5) is 5.13 Å². The fraction of sp³-hybridized carbons (Fsp3) is 0.273. The molecule has 160 valence electrons. The number of thiazole rings is 1. The molecule has 1 amide bonds. The zero-order valence-electron chi connectivity index (χ0n) is 16.7. The Hall–Kier alpha value is -2.75. The number of nitrogens with one attached hydrogen (secondary N) is 1. The van der Waals surface area contributed by atoms with Crippen molar-refractivity contribution in [2.75, 3.05) is 25.0 Å². The fourth-order valence-corrected chi connectivity index (χ4v) is 6.13. The van der Waals surface area contributed by atoms with E-state index in [0.717, 1.165) is 41.8 Å². The van der Waals surface area contributed by atoms with Crippen LogP contribution in [0.1, 0.15) is 28.8 Å². The highest BCUT2D eigenvalue weighted by molar-refractivity contribution is 7.89. The Labute approximate surface area is 184 Å². The maximum atomic E-state index is 12.8. The molecule has 5 rings (SSSR count). The van der Waals surface area contributed by atoms with Gasteiger partial charge in [0.25, 0.3) is 5.91 Å². The molecule has 3 heterocycles. The Morgan fingerprint density at radius 1 is 1.13 bits per heavy atom. The highest BCUT2D eigenvalue weighted by Crippen LogP contribution is 2.32. The Kier molecular flexibility index (Phi) is 5.25. The molecule has 0 saturated carbocycles. The van der Waals surface area contributed by atoms with Crippen LogP contribution in [-0.2, 0) is 16.4 Å². The average Bonchev–Trinajstić information content (AvgIpc) is 3.54. The number of nitrogens with zero attached hydrogens (tertiary/aromatic N) is 2. The number of anilines is 1. The first-order valence-corrected chi connectivity index (χ1v) is 12.5. The normalized spacial score (nSPS) is 16.1. The van der Waals surface area contributed by atoms with Crippen molar-refractivity contribution in [1.82, 2.24) is 9.29 Å². The van der Waals surface area contributed by atoms with Crippen molar-refractivity contribution in [3.63, 3.8) is 0 Å². The second-order valence-corrected chi connectivity index (χ2v) is 10.3. The molecule has 1 saturated heterocycles. The number of amides is 1. The van der Waals surface area contributed by atoms with Gasteiger partial charge in [-0.2, -0.15) is 4.31 Å². The van der Waals surface area contributed by atoms with Crippen LogP contribution in [0.5, 0.6) is 5.75 Å². The van der Waals surface area contributed by atoms with E-state index >= 15 is 0 Å². The van der Waals surface area contributed by atoms with Crippen LogP contribution in [0, 0.1) is 0 Å². The Morgan fingerprint density at radius 3 is 2.81 bits per heavy atom. The van der Waals surface area contributed by atoms with Crippen LogP contribution in [0.2, 0.25) is 0 Å². The lowest BCUT2D eigenvalue weighted by Gasteiger charge is -2.15. The summed E-state index contributed by atoms with van der Waals surface area (Å²) < 4.78 is 32.6. The summed E-state index contributed by atoms with van der Waals surface area (Å²) in [7, 11) is -3.57. The summed E-state index contributed by atoms with van der Waals surface area (Å²) in [5, 5.41) is 5.14. The number of hydrogen-bond donors (Lipinski definition) is 1. The van der Waals surface area contributed by atoms with E-state index in [9.17, 15) is 13.2 Å². The van der Waals surface area contributed by atoms with Crippen molar-refractivity contribution in [1.29, 1.82) is 0 Å². The van der Waals surface area contributed by atoms with Gasteiger partial charge in [-0.3, -0.25) is 10.1 Å². The van der Waals surface area contributed by atoms with E-state index in [1.54, 1.807) is 12.1 Å². The van der Waals surface area contributed by atoms with Gasteiger partial charge in [-0.1, -0.05) is 6.07 Å². The zero-order chi connectivity index (χ0) is 21.4. The van der Waals surface area contributed by atoms with Crippen LogP contribution in [0.3, 0.4) is 0 Å². The highest BCUT2D eigenvalue weighted by Gasteiger charge is 2.27. The predicted molar refractivity (Wildman–Crippen MR) is 119 cm³/mol. The molecule has 0 aliphatic carbocycles. The smallest absolute Gasteiger partial charge is 0.257 e. The van der Waals surface area contributed by atoms with Crippen molar-refractivity contribution in [2.45, 2.75) is 24.2 Å². The summed E-state index contributed by atoms with van der Waals surface area (Å²) in [6.07, 6.45) is 2.61. The zero-order valence-corrected chi connectivity index (χ0v) is 18.3. The van der Waals surface area contributed by atoms with Gasteiger partial charge in [0.2, 0.25) is 10.0 Å². The molecular weight excluding hydrogens is 434 g/mol. The standard InChI is InChI=1S/C22H21N3O4S2/c26-21(17-4-3-5-18(13-17)31(27,28)25-9-1-2-10-25)24-22-23-19(14-30-22)15-6-7-20-16(12-15)8-11-29-20/h3-7,12-14H,1-2,8-11H2,(H,23,24,26). The molecule has 3 aromatic rings. The number of aromatic nitrogens is 1. The van der Waals surface area contributed by atoms with E-state index < -0.39 is 10.0 Å². The van der Waals surface area contributed by atoms with Crippen LogP contribution in [0.15, 0.2) is 52.7 Å². The number of rotatable bonds is 5. The topological polar surface area (TPSA) is 88.6 Å². The molecule has 1 fully saturated rings. The molecule has 1 aromatic heterocycles. The van der Waals surface area contributed by atoms with E-state index in [1.165, 1.54) is 27.8 Å². The van der Waals surface area contributed by atoms with E-state index in [0.29, 0.717) is 24.8 Å². The average molecular weight is 456 g/mol. The minimum atomic E-state index is -3.57. The lowest BCUT2D eigenvalue weighted by molar-refractivity contribution is 0.102. The molecule has 0 atom stereocenters. The molecule has 0 spiro atoms. The van der Waals surface area contributed by atoms with Gasteiger partial charge < -0.3 is 4.74 Å². The number of hydrogen-bond acceptors (Lipinski definition) is 6. The number of sulfonamides is 1. The molecule has 9 heteroatoms. The number of fused-ring (bicyclic) bond motifs is 1. The van der Waals surface area contributed by atoms with E-state index in [2.05, 4.69) is 16.4 Å². The third-order valence-corrected chi connectivity index (χ3v) is 8.16. The summed E-state index contributed by atoms with van der Waals surface area (Å²) >= 11 is 1.33. The minimum absolute atomic E-state index is 0.141. The van der Waals surface area contributed by atoms with Gasteiger partial charge in [-0.25, -0.2) is 13.4 Å². The van der Waals surface area contributed by atoms with Crippen LogP contribution in [0.25, 0.3) is 11.3 Å². The highest BCUT2D eigenvalue weighted by atomic mass is 32.2. The molecule has 0 unspecified atom stereocenters. The largest absolute Gasteiger partial charge is 0.493 e. The predicted octanol–water partition coefficient (Wildman–Crippen LogP) is 3.78. The van der Waals surface area contributed by atoms with Crippen molar-refractivity contribution in [2.24, 2.45) is 0 Å². The lowest BCUT2D eigenvalue weighted by Crippen LogP contribution is -2.28. The Bertz CT molecular complexity index is 1250. The molecule has 1 N–H and O–H groups in total. The third-order valence-electron chi connectivity index (χ3n) is 5.51. The van der Waals surface area contributed by atoms with Gasteiger partial charge in [0.15, 0.2) is 5.13 Å². The second kappa shape index (κ2) is 8.07. The van der Waals surface area contributed by atoms with Gasteiger partial charge >= 0.3 is 0 Å². The second-order valence-electron chi connectivity index (χ2n) is 7.55. The summed E-state index contributed by atoms with van der Waals surface area (Å²) in [4.78, 5) is 17.4. The maximum Gasteiger partial charge on any atom is 0.257 e. The summed E-state index contributed by atoms with van der Waals surface area (Å²) in [6.45, 7) is 1.74. The monoisotopic (exact) mass is 455 g/mol. The SMILES string of the molecule is O=C(Nc1nc(-c2ccc3c(c2)CCO3)cs1)c1cccc(S(=O)(=O)N2CCCC2)c1. The number of benzene rings is 2. The Balaban J connectivity index is 1.33. The number of carbonyl (C=O) groups excluding carboxylic acids is 1. The van der Waals surface area contributed by atoms with Crippen molar-refractivity contribution < 1.29 is 17.9 Å². The maximum absolute atomic E-state index is 12.8. The molecular formula is C22H21N3O4S2. The first-order valence-electron chi connectivity index (χ1n) is 10.1. The third kappa shape index (κ3) is 3.96. The quantitative estimate of drug-likeness (QED) is 0.633. The van der Waals surface area contributed by atoms with Gasteiger partial charge in [-0.15, -0.1) is 11.3 Å². The Morgan fingerprint density at radius 2 is 1.97 bits per heavy atom. The molecule has 31 heavy (non-hydrogen) atoms. The van der Waals surface area contributed by atoms with Gasteiger partial charge in [0.05, 0.1) is 17.2 Å². The van der Waals surface area contributed by atoms with Gasteiger partial charge in [0, 0.05) is 36.0 Å². The molecule has 7 nitrogen and oxygen atoms in total. The van der Waals surface area contributed by atoms with Crippen molar-refractivity contribution >= 4 is 32.4 Å². The number of ether oxygens (including phenoxy) is 1. The van der Waals surface area contributed by atoms with Crippen LogP contribution in [-0.4, -0.2) is 43.3 Å². The van der Waals surface area contributed by atoms with Gasteiger partial charge in [-0.05, 0) is 54.8 Å². The van der Waals surface area contributed by atoms with E-state index in [-0.39, 0.29) is 16.4 Å². The first kappa shape index (κ1) is 20.2. The minimum Gasteiger partial charge on any atom is -0.493 e. The first-order chi connectivity index (χ1) is 15.0. The summed E-state index contributed by atoms with van der Waals surface area (Å²) in [6, 6.07) is 12.1. The molecule has 2 aromatic carbocycles. The molecule has 0 bridgehead atoms. The van der Waals surface area contributed by atoms with Crippen molar-refractivity contribution in [3.8, 4) is 17.0 Å². The molecule has 2 aliphatic heterocycles.